The Morgan fingerprint density at radius 1 is 1.21 bits per heavy atom. The Kier molecular flexibility index (Phi) is 9.51. The molecule has 2 aliphatic heterocycles. The third-order valence-electron chi connectivity index (χ3n) is 7.73. The van der Waals surface area contributed by atoms with Gasteiger partial charge in [-0.2, -0.15) is 0 Å². The van der Waals surface area contributed by atoms with Crippen molar-refractivity contribution in [1.82, 2.24) is 9.88 Å². The standard InChI is InChI=1S/C33H38N4O5/c1-3-41-32(28(18-34)33(38)39)36-30-11-5-10-29(35-30)27-9-4-7-22(2)31(27)42-20-23-12-13-25-19-37(15-14-24(25)17-23)26-8-6-16-40-21-26/h4-5,7,9-13,17-18,26,34H,3,6,8,14-16,19-21H2,1-2H3,(H,35,36)(H,38,39)/b32-28-,34-18?. The molecule has 0 aliphatic carbocycles. The SMILES string of the molecule is CCO/C(Nc1cccc(-c2cccc(C)c2OCc2ccc3c(c2)CCN(C2CCCOC2)C3)n1)=C(/C=N)C(=O)O. The van der Waals surface area contributed by atoms with Gasteiger partial charge in [0.05, 0.1) is 18.9 Å². The lowest BCUT2D eigenvalue weighted by Crippen LogP contribution is -2.43. The summed E-state index contributed by atoms with van der Waals surface area (Å²) >= 11 is 0. The Hall–Kier alpha value is -4.21. The Morgan fingerprint density at radius 2 is 2.07 bits per heavy atom. The lowest BCUT2D eigenvalue weighted by atomic mass is 9.95. The highest BCUT2D eigenvalue weighted by Crippen LogP contribution is 2.34. The van der Waals surface area contributed by atoms with Crippen LogP contribution < -0.4 is 10.1 Å². The summed E-state index contributed by atoms with van der Waals surface area (Å²) in [6.07, 6.45) is 4.13. The van der Waals surface area contributed by atoms with Crippen LogP contribution in [0.1, 0.15) is 42.0 Å². The average molecular weight is 571 g/mol. The van der Waals surface area contributed by atoms with Gasteiger partial charge in [-0.1, -0.05) is 36.4 Å². The van der Waals surface area contributed by atoms with E-state index in [9.17, 15) is 9.90 Å². The van der Waals surface area contributed by atoms with Crippen LogP contribution in [0.4, 0.5) is 5.82 Å². The van der Waals surface area contributed by atoms with Crippen molar-refractivity contribution in [2.75, 3.05) is 31.7 Å². The number of anilines is 1. The minimum atomic E-state index is -1.26. The van der Waals surface area contributed by atoms with Crippen LogP contribution in [0.3, 0.4) is 0 Å². The fourth-order valence-electron chi connectivity index (χ4n) is 5.56. The molecule has 0 saturated carbocycles. The van der Waals surface area contributed by atoms with Crippen molar-refractivity contribution in [1.29, 1.82) is 5.41 Å². The summed E-state index contributed by atoms with van der Waals surface area (Å²) in [7, 11) is 0. The van der Waals surface area contributed by atoms with E-state index in [1.54, 1.807) is 13.0 Å². The quantitative estimate of drug-likeness (QED) is 0.156. The Morgan fingerprint density at radius 3 is 2.83 bits per heavy atom. The minimum absolute atomic E-state index is 0.0343. The summed E-state index contributed by atoms with van der Waals surface area (Å²) in [5.74, 6) is -0.153. The number of rotatable bonds is 11. The molecule has 5 rings (SSSR count). The van der Waals surface area contributed by atoms with Gasteiger partial charge in [-0.25, -0.2) is 9.78 Å². The third-order valence-corrected chi connectivity index (χ3v) is 7.73. The zero-order valence-corrected chi connectivity index (χ0v) is 24.2. The highest BCUT2D eigenvalue weighted by molar-refractivity contribution is 6.08. The summed E-state index contributed by atoms with van der Waals surface area (Å²) < 4.78 is 17.6. The lowest BCUT2D eigenvalue weighted by molar-refractivity contribution is -0.132. The van der Waals surface area contributed by atoms with Crippen molar-refractivity contribution in [2.45, 2.75) is 52.3 Å². The molecule has 2 aliphatic rings. The number of nitrogens with one attached hydrogen (secondary N) is 2. The molecule has 1 fully saturated rings. The molecule has 3 N–H and O–H groups in total. The van der Waals surface area contributed by atoms with Gasteiger partial charge in [0, 0.05) is 37.5 Å². The van der Waals surface area contributed by atoms with Crippen LogP contribution in [0, 0.1) is 12.3 Å². The van der Waals surface area contributed by atoms with Crippen molar-refractivity contribution in [3.63, 3.8) is 0 Å². The number of ether oxygens (including phenoxy) is 3. The van der Waals surface area contributed by atoms with Crippen LogP contribution in [-0.4, -0.2) is 59.6 Å². The van der Waals surface area contributed by atoms with E-state index in [1.807, 2.05) is 37.3 Å². The molecule has 0 amide bonds. The molecule has 9 heteroatoms. The smallest absolute Gasteiger partial charge is 0.342 e. The molecule has 0 spiro atoms. The first-order valence-corrected chi connectivity index (χ1v) is 14.5. The molecule has 0 bridgehead atoms. The van der Waals surface area contributed by atoms with Gasteiger partial charge in [0.25, 0.3) is 0 Å². The number of aryl methyl sites for hydroxylation is 1. The summed E-state index contributed by atoms with van der Waals surface area (Å²) in [4.78, 5) is 18.9. The van der Waals surface area contributed by atoms with Crippen LogP contribution in [-0.2, 0) is 33.8 Å². The third kappa shape index (κ3) is 6.80. The van der Waals surface area contributed by atoms with E-state index < -0.39 is 5.97 Å². The number of para-hydroxylation sites is 1. The van der Waals surface area contributed by atoms with E-state index in [4.69, 9.17) is 24.6 Å². The number of carboxylic acid groups (broad SMARTS) is 1. The van der Waals surface area contributed by atoms with Gasteiger partial charge in [-0.15, -0.1) is 0 Å². The number of hydrogen-bond acceptors (Lipinski definition) is 8. The molecule has 2 aromatic carbocycles. The van der Waals surface area contributed by atoms with Gasteiger partial charge in [0.1, 0.15) is 23.7 Å². The fraction of sp³-hybridized carbons (Fsp3) is 0.364. The minimum Gasteiger partial charge on any atom is -0.488 e. The van der Waals surface area contributed by atoms with Gasteiger partial charge in [0.2, 0.25) is 5.88 Å². The second-order valence-electron chi connectivity index (χ2n) is 10.6. The molecule has 3 heterocycles. The summed E-state index contributed by atoms with van der Waals surface area (Å²) in [6.45, 7) is 8.17. The predicted octanol–water partition coefficient (Wildman–Crippen LogP) is 5.57. The van der Waals surface area contributed by atoms with Crippen LogP contribution in [0.25, 0.3) is 11.3 Å². The van der Waals surface area contributed by atoms with E-state index in [0.717, 1.165) is 67.8 Å². The van der Waals surface area contributed by atoms with Gasteiger partial charge in [-0.3, -0.25) is 4.90 Å². The van der Waals surface area contributed by atoms with Gasteiger partial charge < -0.3 is 30.0 Å². The number of benzene rings is 2. The molecule has 3 aromatic rings. The molecule has 1 saturated heterocycles. The summed E-state index contributed by atoms with van der Waals surface area (Å²) in [5, 5.41) is 19.9. The second-order valence-corrected chi connectivity index (χ2v) is 10.6. The normalized spacial score (nSPS) is 17.5. The average Bonchev–Trinajstić information content (AvgIpc) is 3.01. The number of fused-ring (bicyclic) bond motifs is 1. The number of pyridine rings is 1. The van der Waals surface area contributed by atoms with Crippen LogP contribution in [0.2, 0.25) is 0 Å². The molecular formula is C33H38N4O5. The maximum atomic E-state index is 11.6. The number of aliphatic carboxylic acids is 1. The molecular weight excluding hydrogens is 532 g/mol. The number of carboxylic acids is 1. The lowest BCUT2D eigenvalue weighted by Gasteiger charge is -2.37. The van der Waals surface area contributed by atoms with E-state index in [-0.39, 0.29) is 18.1 Å². The monoisotopic (exact) mass is 570 g/mol. The number of carbonyl (C=O) groups is 1. The van der Waals surface area contributed by atoms with Gasteiger partial charge in [-0.05, 0) is 73.6 Å². The van der Waals surface area contributed by atoms with Gasteiger partial charge >= 0.3 is 5.97 Å². The van der Waals surface area contributed by atoms with Crippen molar-refractivity contribution in [2.24, 2.45) is 0 Å². The number of hydrogen-bond donors (Lipinski definition) is 3. The fourth-order valence-corrected chi connectivity index (χ4v) is 5.56. The topological polar surface area (TPSA) is 117 Å². The first-order chi connectivity index (χ1) is 20.5. The zero-order chi connectivity index (χ0) is 29.5. The Labute approximate surface area is 246 Å². The van der Waals surface area contributed by atoms with Gasteiger partial charge in [0.15, 0.2) is 0 Å². The second kappa shape index (κ2) is 13.6. The summed E-state index contributed by atoms with van der Waals surface area (Å²) in [6, 6.07) is 18.6. The number of aromatic nitrogens is 1. The molecule has 1 unspecified atom stereocenters. The van der Waals surface area contributed by atoms with Crippen LogP contribution >= 0.6 is 0 Å². The Bertz CT molecular complexity index is 1460. The van der Waals surface area contributed by atoms with Crippen molar-refractivity contribution in [3.8, 4) is 17.0 Å². The van der Waals surface area contributed by atoms with Crippen molar-refractivity contribution < 1.29 is 24.1 Å². The van der Waals surface area contributed by atoms with Crippen LogP contribution in [0.15, 0.2) is 66.1 Å². The first kappa shape index (κ1) is 29.3. The summed E-state index contributed by atoms with van der Waals surface area (Å²) in [5.41, 5.74) is 6.09. The molecule has 1 atom stereocenters. The van der Waals surface area contributed by atoms with Crippen molar-refractivity contribution in [3.05, 3.63) is 88.3 Å². The molecule has 9 nitrogen and oxygen atoms in total. The first-order valence-electron chi connectivity index (χ1n) is 14.5. The molecule has 0 radical (unpaired) electrons. The van der Waals surface area contributed by atoms with E-state index >= 15 is 0 Å². The molecule has 220 valence electrons. The highest BCUT2D eigenvalue weighted by atomic mass is 16.5. The molecule has 42 heavy (non-hydrogen) atoms. The predicted molar refractivity (Wildman–Crippen MR) is 162 cm³/mol. The zero-order valence-electron chi connectivity index (χ0n) is 24.2. The largest absolute Gasteiger partial charge is 0.488 e. The van der Waals surface area contributed by atoms with E-state index in [1.165, 1.54) is 17.5 Å². The highest BCUT2D eigenvalue weighted by Gasteiger charge is 2.25. The maximum absolute atomic E-state index is 11.6. The maximum Gasteiger partial charge on any atom is 0.342 e. The number of nitrogens with zero attached hydrogens (tertiary/aromatic N) is 2. The van der Waals surface area contributed by atoms with Crippen molar-refractivity contribution >= 4 is 18.0 Å². The van der Waals surface area contributed by atoms with Crippen LogP contribution in [0.5, 0.6) is 5.75 Å². The molecule has 1 aromatic heterocycles. The van der Waals surface area contributed by atoms with E-state index in [0.29, 0.717) is 24.2 Å². The van der Waals surface area contributed by atoms with E-state index in [2.05, 4.69) is 28.4 Å². The Balaban J connectivity index is 1.32.